The van der Waals surface area contributed by atoms with Gasteiger partial charge in [-0.1, -0.05) is 12.1 Å². The van der Waals surface area contributed by atoms with Crippen LogP contribution in [0.5, 0.6) is 0 Å². The van der Waals surface area contributed by atoms with E-state index in [9.17, 15) is 18.0 Å². The third kappa shape index (κ3) is 1.53. The first kappa shape index (κ1) is 12.6. The maximum absolute atomic E-state index is 12.3. The lowest BCUT2D eigenvalue weighted by Crippen LogP contribution is -2.36. The Morgan fingerprint density at radius 2 is 1.90 bits per heavy atom. The molecule has 1 aliphatic heterocycles. The largest absolute Gasteiger partial charge is 0.469 e. The summed E-state index contributed by atoms with van der Waals surface area (Å²) in [6.45, 7) is 1.52. The number of furan rings is 1. The van der Waals surface area contributed by atoms with Gasteiger partial charge in [0.05, 0.1) is 17.4 Å². The van der Waals surface area contributed by atoms with E-state index in [4.69, 9.17) is 4.42 Å². The lowest BCUT2D eigenvalue weighted by atomic mass is 10.2. The maximum Gasteiger partial charge on any atom is 0.278 e. The number of aryl methyl sites for hydroxylation is 1. The molecular formula is C13H9NO5S. The quantitative estimate of drug-likeness (QED) is 0.745. The molecule has 0 bridgehead atoms. The molecule has 2 amide bonds. The predicted molar refractivity (Wildman–Crippen MR) is 67.6 cm³/mol. The molecule has 0 N–H and O–H groups in total. The summed E-state index contributed by atoms with van der Waals surface area (Å²) in [5.74, 6) is -1.49. The molecule has 0 radical (unpaired) electrons. The van der Waals surface area contributed by atoms with Gasteiger partial charge in [0.1, 0.15) is 10.7 Å². The molecule has 7 heteroatoms. The fraction of sp³-hybridized carbons (Fsp3) is 0.0769. The Kier molecular flexibility index (Phi) is 2.55. The zero-order valence-electron chi connectivity index (χ0n) is 10.4. The van der Waals surface area contributed by atoms with Gasteiger partial charge in [-0.2, -0.15) is 4.31 Å². The van der Waals surface area contributed by atoms with Gasteiger partial charge < -0.3 is 4.42 Å². The summed E-state index contributed by atoms with van der Waals surface area (Å²) < 4.78 is 29.9. The summed E-state index contributed by atoms with van der Waals surface area (Å²) in [4.78, 5) is 24.3. The normalized spacial score (nSPS) is 16.2. The molecule has 2 aromatic rings. The molecule has 1 aromatic heterocycles. The van der Waals surface area contributed by atoms with Crippen molar-refractivity contribution in [2.75, 3.05) is 0 Å². The molecule has 1 aromatic carbocycles. The third-order valence-electron chi connectivity index (χ3n) is 3.09. The highest BCUT2D eigenvalue weighted by Crippen LogP contribution is 2.31. The Bertz CT molecular complexity index is 834. The number of amides is 2. The minimum Gasteiger partial charge on any atom is -0.469 e. The van der Waals surface area contributed by atoms with Crippen LogP contribution in [-0.2, 0) is 10.0 Å². The third-order valence-corrected chi connectivity index (χ3v) is 4.82. The fourth-order valence-electron chi connectivity index (χ4n) is 2.10. The zero-order valence-corrected chi connectivity index (χ0v) is 11.2. The molecule has 0 saturated carbocycles. The van der Waals surface area contributed by atoms with E-state index in [1.807, 2.05) is 0 Å². The number of carbonyl (C=O) groups is 2. The molecule has 20 heavy (non-hydrogen) atoms. The van der Waals surface area contributed by atoms with Crippen molar-refractivity contribution in [2.45, 2.75) is 11.8 Å². The van der Waals surface area contributed by atoms with Crippen molar-refractivity contribution >= 4 is 21.8 Å². The van der Waals surface area contributed by atoms with Gasteiger partial charge in [0.25, 0.3) is 21.8 Å². The number of hydrogen-bond donors (Lipinski definition) is 0. The van der Waals surface area contributed by atoms with E-state index in [2.05, 4.69) is 0 Å². The van der Waals surface area contributed by atoms with Gasteiger partial charge in [0, 0.05) is 0 Å². The lowest BCUT2D eigenvalue weighted by molar-refractivity contribution is 0.0739. The highest BCUT2D eigenvalue weighted by molar-refractivity contribution is 7.90. The van der Waals surface area contributed by atoms with Gasteiger partial charge in [-0.15, -0.1) is 0 Å². The number of hydrogen-bond acceptors (Lipinski definition) is 5. The van der Waals surface area contributed by atoms with E-state index in [0.29, 0.717) is 0 Å². The molecule has 0 spiro atoms. The maximum atomic E-state index is 12.3. The van der Waals surface area contributed by atoms with Crippen LogP contribution in [0.25, 0.3) is 0 Å². The van der Waals surface area contributed by atoms with Gasteiger partial charge >= 0.3 is 0 Å². The minimum absolute atomic E-state index is 0.00185. The van der Waals surface area contributed by atoms with E-state index in [0.717, 1.165) is 0 Å². The Morgan fingerprint density at radius 1 is 1.20 bits per heavy atom. The summed E-state index contributed by atoms with van der Waals surface area (Å²) in [5, 5.41) is 0. The van der Waals surface area contributed by atoms with Crippen LogP contribution >= 0.6 is 0 Å². The highest BCUT2D eigenvalue weighted by atomic mass is 32.2. The van der Waals surface area contributed by atoms with E-state index in [1.165, 1.54) is 37.5 Å². The minimum atomic E-state index is -4.15. The molecular weight excluding hydrogens is 282 g/mol. The Hall–Kier alpha value is -2.41. The predicted octanol–water partition coefficient (Wildman–Crippen LogP) is 1.57. The number of benzene rings is 1. The molecule has 102 valence electrons. The number of fused-ring (bicyclic) bond motifs is 1. The fourth-order valence-corrected chi connectivity index (χ4v) is 3.62. The number of rotatable bonds is 1. The van der Waals surface area contributed by atoms with Gasteiger partial charge in [-0.05, 0) is 25.1 Å². The van der Waals surface area contributed by atoms with E-state index >= 15 is 0 Å². The highest BCUT2D eigenvalue weighted by Gasteiger charge is 2.45. The summed E-state index contributed by atoms with van der Waals surface area (Å²) in [6, 6.07) is 7.07. The summed E-state index contributed by atoms with van der Waals surface area (Å²) in [5.41, 5.74) is 0.0525. The van der Waals surface area contributed by atoms with Crippen molar-refractivity contribution in [3.05, 3.63) is 53.5 Å². The van der Waals surface area contributed by atoms with E-state index in [1.54, 1.807) is 6.07 Å². The molecule has 0 fully saturated rings. The SMILES string of the molecule is Cc1occc1C(=O)N1C(=O)c2ccccc2S1(=O)=O. The van der Waals surface area contributed by atoms with Crippen molar-refractivity contribution in [3.8, 4) is 0 Å². The topological polar surface area (TPSA) is 84.7 Å². The second kappa shape index (κ2) is 4.04. The monoisotopic (exact) mass is 291 g/mol. The smallest absolute Gasteiger partial charge is 0.278 e. The Morgan fingerprint density at radius 3 is 2.50 bits per heavy atom. The molecule has 0 unspecified atom stereocenters. The zero-order chi connectivity index (χ0) is 14.5. The average Bonchev–Trinajstić information content (AvgIpc) is 2.91. The first-order valence-corrected chi connectivity index (χ1v) is 7.15. The summed E-state index contributed by atoms with van der Waals surface area (Å²) >= 11 is 0. The van der Waals surface area contributed by atoms with Crippen LogP contribution in [0, 0.1) is 6.92 Å². The number of sulfonamides is 1. The number of nitrogens with zero attached hydrogens (tertiary/aromatic N) is 1. The average molecular weight is 291 g/mol. The molecule has 2 heterocycles. The molecule has 6 nitrogen and oxygen atoms in total. The van der Waals surface area contributed by atoms with Gasteiger partial charge in [0.15, 0.2) is 0 Å². The van der Waals surface area contributed by atoms with Crippen LogP contribution in [0.15, 0.2) is 45.9 Å². The van der Waals surface area contributed by atoms with Crippen LogP contribution in [-0.4, -0.2) is 24.5 Å². The Labute approximate surface area is 114 Å². The first-order valence-electron chi connectivity index (χ1n) is 5.71. The van der Waals surface area contributed by atoms with E-state index < -0.39 is 21.8 Å². The van der Waals surface area contributed by atoms with Crippen LogP contribution in [0.2, 0.25) is 0 Å². The number of imide groups is 1. The van der Waals surface area contributed by atoms with Gasteiger partial charge in [-0.25, -0.2) is 8.42 Å². The second-order valence-corrected chi connectivity index (χ2v) is 6.02. The van der Waals surface area contributed by atoms with Crippen LogP contribution < -0.4 is 0 Å². The summed E-state index contributed by atoms with van der Waals surface area (Å²) in [7, 11) is -4.15. The van der Waals surface area contributed by atoms with Crippen molar-refractivity contribution in [1.82, 2.24) is 4.31 Å². The van der Waals surface area contributed by atoms with Crippen molar-refractivity contribution < 1.29 is 22.4 Å². The first-order chi connectivity index (χ1) is 9.44. The Balaban J connectivity index is 2.16. The number of carbonyl (C=O) groups excluding carboxylic acids is 2. The van der Waals surface area contributed by atoms with Crippen LogP contribution in [0.3, 0.4) is 0 Å². The lowest BCUT2D eigenvalue weighted by Gasteiger charge is -2.12. The molecule has 3 rings (SSSR count). The van der Waals surface area contributed by atoms with E-state index in [-0.39, 0.29) is 26.1 Å². The molecule has 0 saturated heterocycles. The molecule has 1 aliphatic rings. The second-order valence-electron chi connectivity index (χ2n) is 4.27. The van der Waals surface area contributed by atoms with Crippen molar-refractivity contribution in [3.63, 3.8) is 0 Å². The van der Waals surface area contributed by atoms with Crippen molar-refractivity contribution in [1.29, 1.82) is 0 Å². The van der Waals surface area contributed by atoms with Gasteiger partial charge in [-0.3, -0.25) is 9.59 Å². The van der Waals surface area contributed by atoms with Crippen molar-refractivity contribution in [2.24, 2.45) is 0 Å². The standard InChI is InChI=1S/C13H9NO5S/c1-8-9(6-7-19-8)12(15)14-13(16)10-4-2-3-5-11(10)20(14,17)18/h2-7H,1H3. The molecule has 0 aliphatic carbocycles. The van der Waals surface area contributed by atoms with Crippen LogP contribution in [0.4, 0.5) is 0 Å². The summed E-state index contributed by atoms with van der Waals surface area (Å²) in [6.07, 6.45) is 1.27. The van der Waals surface area contributed by atoms with Crippen LogP contribution in [0.1, 0.15) is 26.5 Å². The molecule has 0 atom stereocenters. The van der Waals surface area contributed by atoms with Gasteiger partial charge in [0.2, 0.25) is 0 Å².